The number of allylic oxidation sites excluding steroid dienone is 1. The fourth-order valence-corrected chi connectivity index (χ4v) is 7.53. The van der Waals surface area contributed by atoms with Crippen LogP contribution in [0.4, 0.5) is 0 Å². The van der Waals surface area contributed by atoms with Crippen molar-refractivity contribution in [1.29, 1.82) is 0 Å². The van der Waals surface area contributed by atoms with Crippen molar-refractivity contribution in [2.24, 2.45) is 17.6 Å². The van der Waals surface area contributed by atoms with Crippen molar-refractivity contribution in [3.05, 3.63) is 106 Å². The van der Waals surface area contributed by atoms with Gasteiger partial charge in [-0.05, 0) is 85.9 Å². The minimum absolute atomic E-state index is 0.0163. The molecule has 1 amide bonds. The number of pyridine rings is 1. The number of phenols is 1. The summed E-state index contributed by atoms with van der Waals surface area (Å²) in [5, 5.41) is 45.3. The van der Waals surface area contributed by atoms with Crippen molar-refractivity contribution in [3.63, 3.8) is 0 Å². The van der Waals surface area contributed by atoms with Gasteiger partial charge >= 0.3 is 0 Å². The van der Waals surface area contributed by atoms with Gasteiger partial charge in [-0.2, -0.15) is 0 Å². The number of ketones is 2. The maximum absolute atomic E-state index is 14.1. The second kappa shape index (κ2) is 11.5. The summed E-state index contributed by atoms with van der Waals surface area (Å²) < 4.78 is 0. The first-order chi connectivity index (χ1) is 21.8. The van der Waals surface area contributed by atoms with Crippen LogP contribution >= 0.6 is 0 Å². The number of nitrogens with two attached hydrogens (primary N) is 1. The highest BCUT2D eigenvalue weighted by molar-refractivity contribution is 6.24. The van der Waals surface area contributed by atoms with Crippen LogP contribution in [0.3, 0.4) is 0 Å². The minimum atomic E-state index is -2.67. The van der Waals surface area contributed by atoms with E-state index in [1.54, 1.807) is 26.4 Å². The second-order valence-electron chi connectivity index (χ2n) is 12.7. The summed E-state index contributed by atoms with van der Waals surface area (Å²) in [5.74, 6) is -6.73. The van der Waals surface area contributed by atoms with Crippen molar-refractivity contribution in [3.8, 4) is 16.9 Å². The normalized spacial score (nSPS) is 24.3. The van der Waals surface area contributed by atoms with Crippen LogP contribution < -0.4 is 5.73 Å². The summed E-state index contributed by atoms with van der Waals surface area (Å²) >= 11 is 0. The number of carbonyl (C=O) groups excluding carboxylic acids is 3. The highest BCUT2D eigenvalue weighted by Crippen LogP contribution is 2.53. The molecule has 0 unspecified atom stereocenters. The molecular weight excluding hydrogens is 588 g/mol. The molecule has 3 aliphatic carbocycles. The van der Waals surface area contributed by atoms with Crippen molar-refractivity contribution < 1.29 is 34.8 Å². The Bertz CT molecular complexity index is 1830. The van der Waals surface area contributed by atoms with E-state index in [-0.39, 0.29) is 29.7 Å². The molecule has 0 spiro atoms. The number of rotatable bonds is 7. The van der Waals surface area contributed by atoms with Crippen LogP contribution in [-0.4, -0.2) is 85.5 Å². The van der Waals surface area contributed by atoms with Gasteiger partial charge in [0, 0.05) is 37.0 Å². The van der Waals surface area contributed by atoms with Gasteiger partial charge in [0.2, 0.25) is 5.78 Å². The maximum Gasteiger partial charge on any atom is 0.255 e. The molecule has 2 aromatic carbocycles. The average molecular weight is 625 g/mol. The number of aromatic hydroxyl groups is 1. The number of hydrogen-bond donors (Lipinski definition) is 5. The third kappa shape index (κ3) is 4.87. The largest absolute Gasteiger partial charge is 0.510 e. The van der Waals surface area contributed by atoms with Crippen LogP contribution in [0.25, 0.3) is 11.1 Å². The van der Waals surface area contributed by atoms with Crippen LogP contribution in [0, 0.1) is 11.8 Å². The zero-order valence-electron chi connectivity index (χ0n) is 25.8. The Morgan fingerprint density at radius 3 is 2.41 bits per heavy atom. The molecule has 4 atom stereocenters. The summed E-state index contributed by atoms with van der Waals surface area (Å²) in [6.45, 7) is 1.35. The van der Waals surface area contributed by atoms with Gasteiger partial charge in [-0.25, -0.2) is 0 Å². The van der Waals surface area contributed by atoms with Crippen LogP contribution in [-0.2, 0) is 29.1 Å². The predicted molar refractivity (Wildman–Crippen MR) is 169 cm³/mol. The van der Waals surface area contributed by atoms with E-state index < -0.39 is 58.0 Å². The fourth-order valence-electron chi connectivity index (χ4n) is 7.53. The number of primary amides is 1. The lowest BCUT2D eigenvalue weighted by Gasteiger charge is -2.50. The van der Waals surface area contributed by atoms with Gasteiger partial charge in [-0.15, -0.1) is 0 Å². The van der Waals surface area contributed by atoms with E-state index >= 15 is 0 Å². The molecule has 11 heteroatoms. The lowest BCUT2D eigenvalue weighted by Crippen LogP contribution is -2.63. The van der Waals surface area contributed by atoms with E-state index in [1.165, 1.54) is 11.0 Å². The van der Waals surface area contributed by atoms with E-state index in [0.717, 1.165) is 22.3 Å². The standard InChI is InChI=1S/C35H36N4O7/c1-38(2)29-24-14-21-13-23-22(20-8-4-6-18(12-20)16-39(3)17-19-7-5-11-37-15-19)9-10-25(40)27(23)30(41)26(21)32(43)35(24,46)33(44)28(31(29)42)34(36)45/h4-12,15,21,24,29,40,42-43,46H,13-14,16-17H2,1-3H3,(H2,36,45)/t21-,24-,29-,35-/m0/s1. The third-order valence-corrected chi connectivity index (χ3v) is 9.47. The Balaban J connectivity index is 1.40. The number of amides is 1. The molecule has 6 rings (SSSR count). The number of Topliss-reactive ketones (excluding diaryl/α,β-unsaturated/α-hetero) is 2. The van der Waals surface area contributed by atoms with E-state index in [0.29, 0.717) is 18.7 Å². The molecule has 0 saturated carbocycles. The zero-order chi connectivity index (χ0) is 33.1. The molecule has 0 aliphatic heterocycles. The summed E-state index contributed by atoms with van der Waals surface area (Å²) in [6.07, 6.45) is 3.81. The summed E-state index contributed by atoms with van der Waals surface area (Å²) in [7, 11) is 5.22. The molecule has 1 heterocycles. The summed E-state index contributed by atoms with van der Waals surface area (Å²) in [4.78, 5) is 47.7. The second-order valence-corrected chi connectivity index (χ2v) is 12.7. The highest BCUT2D eigenvalue weighted by atomic mass is 16.3. The van der Waals surface area contributed by atoms with Gasteiger partial charge in [0.25, 0.3) is 5.91 Å². The molecule has 0 saturated heterocycles. The van der Waals surface area contributed by atoms with Crippen molar-refractivity contribution >= 4 is 17.5 Å². The monoisotopic (exact) mass is 624 g/mol. The molecule has 1 aromatic heterocycles. The third-order valence-electron chi connectivity index (χ3n) is 9.47. The molecule has 46 heavy (non-hydrogen) atoms. The Labute approximate surface area is 265 Å². The molecule has 0 radical (unpaired) electrons. The first-order valence-electron chi connectivity index (χ1n) is 15.0. The van der Waals surface area contributed by atoms with E-state index in [2.05, 4.69) is 9.88 Å². The molecule has 3 aromatic rings. The molecule has 11 nitrogen and oxygen atoms in total. The number of aliphatic hydroxyl groups is 3. The van der Waals surface area contributed by atoms with Crippen molar-refractivity contribution in [2.45, 2.75) is 37.6 Å². The summed E-state index contributed by atoms with van der Waals surface area (Å²) in [5.41, 5.74) is 6.00. The number of aliphatic hydroxyl groups excluding tert-OH is 2. The SMILES string of the molecule is CN(Cc1cccnc1)Cc1cccc(-c2ccc(O)c3c2C[C@H]2C[C@H]4[C@H](N(C)C)C(O)=C(C(N)=O)C(=O)[C@@]4(O)C(O)=C2C3=O)c1. The first-order valence-corrected chi connectivity index (χ1v) is 15.0. The molecule has 6 N–H and O–H groups in total. The van der Waals surface area contributed by atoms with E-state index in [9.17, 15) is 34.8 Å². The molecule has 238 valence electrons. The average Bonchev–Trinajstić information content (AvgIpc) is 2.99. The highest BCUT2D eigenvalue weighted by Gasteiger charge is 2.63. The van der Waals surface area contributed by atoms with Gasteiger partial charge < -0.3 is 26.2 Å². The number of hydrogen-bond acceptors (Lipinski definition) is 10. The number of aromatic nitrogens is 1. The Morgan fingerprint density at radius 2 is 1.74 bits per heavy atom. The smallest absolute Gasteiger partial charge is 0.255 e. The summed E-state index contributed by atoms with van der Waals surface area (Å²) in [6, 6.07) is 14.0. The molecule has 0 fully saturated rings. The first kappa shape index (κ1) is 31.2. The molecule has 3 aliphatic rings. The van der Waals surface area contributed by atoms with Gasteiger partial charge in [0.15, 0.2) is 11.4 Å². The predicted octanol–water partition coefficient (Wildman–Crippen LogP) is 2.81. The lowest BCUT2D eigenvalue weighted by molar-refractivity contribution is -0.148. The molecule has 0 bridgehead atoms. The number of benzene rings is 2. The van der Waals surface area contributed by atoms with Gasteiger partial charge in [-0.1, -0.05) is 30.3 Å². The topological polar surface area (TPSA) is 178 Å². The van der Waals surface area contributed by atoms with Crippen LogP contribution in [0.1, 0.15) is 33.5 Å². The van der Waals surface area contributed by atoms with Crippen LogP contribution in [0.15, 0.2) is 83.6 Å². The Morgan fingerprint density at radius 1 is 1.02 bits per heavy atom. The fraction of sp³-hybridized carbons (Fsp3) is 0.314. The van der Waals surface area contributed by atoms with Crippen LogP contribution in [0.5, 0.6) is 5.75 Å². The van der Waals surface area contributed by atoms with E-state index in [4.69, 9.17) is 5.73 Å². The Kier molecular flexibility index (Phi) is 7.79. The number of phenolic OH excluding ortho intramolecular Hbond substituents is 1. The minimum Gasteiger partial charge on any atom is -0.510 e. The zero-order valence-corrected chi connectivity index (χ0v) is 25.8. The van der Waals surface area contributed by atoms with Crippen LogP contribution in [0.2, 0.25) is 0 Å². The van der Waals surface area contributed by atoms with Gasteiger partial charge in [-0.3, -0.25) is 29.2 Å². The quantitative estimate of drug-likeness (QED) is 0.246. The molecular formula is C35H36N4O7. The van der Waals surface area contributed by atoms with Gasteiger partial charge in [0.1, 0.15) is 22.8 Å². The number of nitrogens with zero attached hydrogens (tertiary/aromatic N) is 3. The van der Waals surface area contributed by atoms with Crippen molar-refractivity contribution in [2.75, 3.05) is 21.1 Å². The number of fused-ring (bicyclic) bond motifs is 3. The van der Waals surface area contributed by atoms with Gasteiger partial charge in [0.05, 0.1) is 11.6 Å². The number of carbonyl (C=O) groups is 3. The van der Waals surface area contributed by atoms with E-state index in [1.807, 2.05) is 49.6 Å². The lowest BCUT2D eigenvalue weighted by atomic mass is 9.58. The maximum atomic E-state index is 14.1. The Hall–Kier alpha value is -4.84. The van der Waals surface area contributed by atoms with Crippen molar-refractivity contribution in [1.82, 2.24) is 14.8 Å². The number of likely N-dealkylation sites (N-methyl/N-ethyl adjacent to an activating group) is 1.